The van der Waals surface area contributed by atoms with Crippen molar-refractivity contribution in [2.24, 2.45) is 0 Å². The van der Waals surface area contributed by atoms with Crippen molar-refractivity contribution in [3.8, 4) is 22.6 Å². The van der Waals surface area contributed by atoms with Gasteiger partial charge < -0.3 is 10.2 Å². The first-order valence-electron chi connectivity index (χ1n) is 8.43. The molecule has 1 aliphatic heterocycles. The van der Waals surface area contributed by atoms with Gasteiger partial charge in [-0.3, -0.25) is 0 Å². The Kier molecular flexibility index (Phi) is 4.79. The van der Waals surface area contributed by atoms with Gasteiger partial charge in [0, 0.05) is 43.2 Å². The molecule has 27 heavy (non-hydrogen) atoms. The van der Waals surface area contributed by atoms with Crippen molar-refractivity contribution in [1.82, 2.24) is 19.7 Å². The number of nitrogens with one attached hydrogen (secondary N) is 1. The molecule has 9 heteroatoms. The molecule has 3 heterocycles. The molecule has 1 aliphatic rings. The van der Waals surface area contributed by atoms with Crippen molar-refractivity contribution in [2.45, 2.75) is 6.18 Å². The molecule has 0 atom stereocenters. The van der Waals surface area contributed by atoms with Crippen LogP contribution in [0.4, 0.5) is 19.0 Å². The minimum absolute atomic E-state index is 0.523. The first-order chi connectivity index (χ1) is 13.0. The maximum Gasteiger partial charge on any atom is 0.416 e. The molecule has 4 rings (SSSR count). The van der Waals surface area contributed by atoms with Crippen molar-refractivity contribution < 1.29 is 13.2 Å². The molecular weight excluding hydrogens is 375 g/mol. The van der Waals surface area contributed by atoms with Crippen LogP contribution < -0.4 is 10.2 Å². The summed E-state index contributed by atoms with van der Waals surface area (Å²) in [6.07, 6.45) is -2.66. The molecule has 0 aliphatic carbocycles. The van der Waals surface area contributed by atoms with Crippen LogP contribution in [0.5, 0.6) is 0 Å². The molecule has 3 aromatic rings. The predicted octanol–water partition coefficient (Wildman–Crippen LogP) is 3.70. The standard InChI is InChI=1S/C18H16F3N5S/c19-18(20,21)14-3-1-12(2-4-14)15-9-16(26-7-5-22-6-8-26)25-17(24-15)13-10-23-27-11-13/h1-4,9-11,22H,5-8H2. The molecule has 1 fully saturated rings. The minimum atomic E-state index is -4.36. The Hall–Kier alpha value is -2.52. The SMILES string of the molecule is FC(F)(F)c1ccc(-c2cc(N3CCNCC3)nc(-c3cnsc3)n2)cc1. The van der Waals surface area contributed by atoms with E-state index in [1.165, 1.54) is 23.7 Å². The monoisotopic (exact) mass is 391 g/mol. The number of anilines is 1. The van der Waals surface area contributed by atoms with Crippen LogP contribution >= 0.6 is 11.5 Å². The Morgan fingerprint density at radius 1 is 1.00 bits per heavy atom. The zero-order chi connectivity index (χ0) is 18.9. The van der Waals surface area contributed by atoms with Gasteiger partial charge in [0.25, 0.3) is 0 Å². The third kappa shape index (κ3) is 3.93. The van der Waals surface area contributed by atoms with Gasteiger partial charge in [0.2, 0.25) is 0 Å². The molecule has 1 aromatic carbocycles. The third-order valence-electron chi connectivity index (χ3n) is 4.35. The smallest absolute Gasteiger partial charge is 0.354 e. The van der Waals surface area contributed by atoms with Gasteiger partial charge in [-0.1, -0.05) is 12.1 Å². The summed E-state index contributed by atoms with van der Waals surface area (Å²) in [5, 5.41) is 5.15. The summed E-state index contributed by atoms with van der Waals surface area (Å²) < 4.78 is 42.6. The lowest BCUT2D eigenvalue weighted by Crippen LogP contribution is -2.44. The molecule has 2 aromatic heterocycles. The van der Waals surface area contributed by atoms with Gasteiger partial charge in [0.1, 0.15) is 5.82 Å². The Morgan fingerprint density at radius 2 is 1.74 bits per heavy atom. The molecule has 0 saturated carbocycles. The minimum Gasteiger partial charge on any atom is -0.354 e. The van der Waals surface area contributed by atoms with Gasteiger partial charge in [-0.25, -0.2) is 14.3 Å². The number of hydrogen-bond donors (Lipinski definition) is 1. The average molecular weight is 391 g/mol. The molecule has 0 spiro atoms. The van der Waals surface area contributed by atoms with E-state index in [-0.39, 0.29) is 0 Å². The maximum absolute atomic E-state index is 12.8. The van der Waals surface area contributed by atoms with Gasteiger partial charge >= 0.3 is 6.18 Å². The zero-order valence-corrected chi connectivity index (χ0v) is 15.0. The number of nitrogens with zero attached hydrogens (tertiary/aromatic N) is 4. The highest BCUT2D eigenvalue weighted by atomic mass is 32.1. The number of benzene rings is 1. The summed E-state index contributed by atoms with van der Waals surface area (Å²) in [6.45, 7) is 3.33. The van der Waals surface area contributed by atoms with E-state index in [1.807, 2.05) is 11.4 Å². The second-order valence-electron chi connectivity index (χ2n) is 6.16. The Bertz CT molecular complexity index is 904. The molecule has 1 N–H and O–H groups in total. The molecular formula is C18H16F3N5S. The second kappa shape index (κ2) is 7.24. The van der Waals surface area contributed by atoms with Gasteiger partial charge in [0.15, 0.2) is 5.82 Å². The largest absolute Gasteiger partial charge is 0.416 e. The lowest BCUT2D eigenvalue weighted by Gasteiger charge is -2.28. The van der Waals surface area contributed by atoms with Crippen LogP contribution in [0.25, 0.3) is 22.6 Å². The number of aromatic nitrogens is 3. The molecule has 0 amide bonds. The second-order valence-corrected chi connectivity index (χ2v) is 6.82. The molecule has 0 unspecified atom stereocenters. The Balaban J connectivity index is 1.76. The van der Waals surface area contributed by atoms with Crippen molar-refractivity contribution in [3.63, 3.8) is 0 Å². The molecule has 1 saturated heterocycles. The Labute approximate surface area is 158 Å². The van der Waals surface area contributed by atoms with Crippen LogP contribution in [-0.2, 0) is 6.18 Å². The van der Waals surface area contributed by atoms with Gasteiger partial charge in [-0.05, 0) is 23.7 Å². The fourth-order valence-electron chi connectivity index (χ4n) is 2.91. The predicted molar refractivity (Wildman–Crippen MR) is 98.7 cm³/mol. The van der Waals surface area contributed by atoms with Crippen LogP contribution in [0.15, 0.2) is 41.9 Å². The summed E-state index contributed by atoms with van der Waals surface area (Å²) in [6, 6.07) is 6.88. The highest BCUT2D eigenvalue weighted by Gasteiger charge is 2.30. The van der Waals surface area contributed by atoms with Crippen molar-refractivity contribution in [3.05, 3.63) is 47.5 Å². The van der Waals surface area contributed by atoms with E-state index in [1.54, 1.807) is 6.20 Å². The van der Waals surface area contributed by atoms with Crippen LogP contribution in [0.3, 0.4) is 0 Å². The topological polar surface area (TPSA) is 53.9 Å². The molecule has 140 valence electrons. The lowest BCUT2D eigenvalue weighted by atomic mass is 10.1. The van der Waals surface area contributed by atoms with Crippen molar-refractivity contribution in [2.75, 3.05) is 31.1 Å². The molecule has 0 radical (unpaired) electrons. The van der Waals surface area contributed by atoms with E-state index in [0.29, 0.717) is 17.1 Å². The van der Waals surface area contributed by atoms with E-state index < -0.39 is 11.7 Å². The summed E-state index contributed by atoms with van der Waals surface area (Å²) in [5.41, 5.74) is 1.33. The van der Waals surface area contributed by atoms with E-state index in [9.17, 15) is 13.2 Å². The van der Waals surface area contributed by atoms with Crippen LogP contribution in [0, 0.1) is 0 Å². The number of alkyl halides is 3. The number of halogens is 3. The van der Waals surface area contributed by atoms with Crippen molar-refractivity contribution >= 4 is 17.4 Å². The number of hydrogen-bond acceptors (Lipinski definition) is 6. The fraction of sp³-hybridized carbons (Fsp3) is 0.278. The Morgan fingerprint density at radius 3 is 2.37 bits per heavy atom. The summed E-state index contributed by atoms with van der Waals surface area (Å²) in [4.78, 5) is 11.4. The molecule has 0 bridgehead atoms. The van der Waals surface area contributed by atoms with Crippen LogP contribution in [-0.4, -0.2) is 40.5 Å². The maximum atomic E-state index is 12.8. The highest BCUT2D eigenvalue weighted by molar-refractivity contribution is 7.03. The number of rotatable bonds is 3. The average Bonchev–Trinajstić information content (AvgIpc) is 3.23. The van der Waals surface area contributed by atoms with E-state index in [0.717, 1.165) is 49.7 Å². The van der Waals surface area contributed by atoms with E-state index in [4.69, 9.17) is 0 Å². The fourth-order valence-corrected chi connectivity index (χ4v) is 3.43. The summed E-state index contributed by atoms with van der Waals surface area (Å²) in [5.74, 6) is 1.29. The zero-order valence-electron chi connectivity index (χ0n) is 14.2. The van der Waals surface area contributed by atoms with Crippen LogP contribution in [0.1, 0.15) is 5.56 Å². The first kappa shape index (κ1) is 17.9. The van der Waals surface area contributed by atoms with Crippen LogP contribution in [0.2, 0.25) is 0 Å². The van der Waals surface area contributed by atoms with Crippen molar-refractivity contribution in [1.29, 1.82) is 0 Å². The normalized spacial score (nSPS) is 15.1. The molecule has 5 nitrogen and oxygen atoms in total. The first-order valence-corrected chi connectivity index (χ1v) is 9.26. The number of piperazine rings is 1. The summed E-state index contributed by atoms with van der Waals surface area (Å²) >= 11 is 1.30. The van der Waals surface area contributed by atoms with E-state index >= 15 is 0 Å². The lowest BCUT2D eigenvalue weighted by molar-refractivity contribution is -0.137. The highest BCUT2D eigenvalue weighted by Crippen LogP contribution is 2.32. The third-order valence-corrected chi connectivity index (χ3v) is 4.94. The quantitative estimate of drug-likeness (QED) is 0.738. The van der Waals surface area contributed by atoms with Gasteiger partial charge in [-0.2, -0.15) is 13.2 Å². The summed E-state index contributed by atoms with van der Waals surface area (Å²) in [7, 11) is 0. The van der Waals surface area contributed by atoms with Gasteiger partial charge in [-0.15, -0.1) is 0 Å². The van der Waals surface area contributed by atoms with E-state index in [2.05, 4.69) is 24.6 Å². The van der Waals surface area contributed by atoms with Gasteiger partial charge in [0.05, 0.1) is 23.0 Å².